The van der Waals surface area contributed by atoms with Crippen LogP contribution < -0.4 is 0 Å². The average Bonchev–Trinajstić information content (AvgIpc) is 2.84. The van der Waals surface area contributed by atoms with Crippen LogP contribution >= 0.6 is 0 Å². The van der Waals surface area contributed by atoms with Gasteiger partial charge in [0.05, 0.1) is 0 Å². The Morgan fingerprint density at radius 3 is 2.60 bits per heavy atom. The zero-order chi connectivity index (χ0) is 14.3. The van der Waals surface area contributed by atoms with E-state index in [1.807, 2.05) is 19.1 Å². The molecule has 2 aromatic rings. The third kappa shape index (κ3) is 1.87. The molecule has 1 N–H and O–H groups in total. The SMILES string of the molecule is CCN=S1Cc2c(C)c(O)c3ccccc3c2C1CC. The first-order valence-electron chi connectivity index (χ1n) is 7.29. The molecule has 20 heavy (non-hydrogen) atoms. The van der Waals surface area contributed by atoms with Crippen LogP contribution in [0, 0.1) is 6.92 Å². The van der Waals surface area contributed by atoms with Crippen molar-refractivity contribution in [2.75, 3.05) is 6.54 Å². The predicted molar refractivity (Wildman–Crippen MR) is 87.4 cm³/mol. The van der Waals surface area contributed by atoms with Gasteiger partial charge in [0, 0.05) is 22.9 Å². The summed E-state index contributed by atoms with van der Waals surface area (Å²) in [5.41, 5.74) is 3.84. The van der Waals surface area contributed by atoms with Crippen LogP contribution in [0.5, 0.6) is 5.75 Å². The Balaban J connectivity index is 2.36. The fraction of sp³-hybridized carbons (Fsp3) is 0.412. The first-order valence-corrected chi connectivity index (χ1v) is 8.70. The zero-order valence-corrected chi connectivity index (χ0v) is 13.1. The Morgan fingerprint density at radius 1 is 1.25 bits per heavy atom. The summed E-state index contributed by atoms with van der Waals surface area (Å²) in [5.74, 6) is 1.46. The number of rotatable bonds is 2. The number of benzene rings is 2. The molecule has 1 heterocycles. The zero-order valence-electron chi connectivity index (χ0n) is 12.3. The van der Waals surface area contributed by atoms with E-state index in [-0.39, 0.29) is 10.7 Å². The van der Waals surface area contributed by atoms with Gasteiger partial charge in [0.2, 0.25) is 0 Å². The summed E-state index contributed by atoms with van der Waals surface area (Å²) in [6.45, 7) is 7.30. The molecule has 1 aliphatic heterocycles. The summed E-state index contributed by atoms with van der Waals surface area (Å²) in [7, 11) is 0.0777. The van der Waals surface area contributed by atoms with Gasteiger partial charge in [-0.2, -0.15) is 0 Å². The Labute approximate surface area is 122 Å². The number of phenolic OH excluding ortho intramolecular Hbond substituents is 1. The molecule has 2 nitrogen and oxygen atoms in total. The van der Waals surface area contributed by atoms with Crippen molar-refractivity contribution in [2.24, 2.45) is 4.36 Å². The third-order valence-electron chi connectivity index (χ3n) is 4.21. The van der Waals surface area contributed by atoms with Gasteiger partial charge in [0.15, 0.2) is 0 Å². The minimum atomic E-state index is 0.0777. The van der Waals surface area contributed by atoms with Crippen LogP contribution in [-0.2, 0) is 16.4 Å². The fourth-order valence-corrected chi connectivity index (χ4v) is 5.67. The van der Waals surface area contributed by atoms with E-state index in [4.69, 9.17) is 4.36 Å². The lowest BCUT2D eigenvalue weighted by atomic mass is 9.92. The highest BCUT2D eigenvalue weighted by atomic mass is 32.2. The Bertz CT molecular complexity index is 706. The highest BCUT2D eigenvalue weighted by Gasteiger charge is 2.31. The van der Waals surface area contributed by atoms with Gasteiger partial charge in [-0.1, -0.05) is 41.9 Å². The summed E-state index contributed by atoms with van der Waals surface area (Å²) < 4.78 is 4.81. The molecule has 0 aliphatic carbocycles. The maximum absolute atomic E-state index is 10.5. The molecule has 0 radical (unpaired) electrons. The molecule has 0 saturated heterocycles. The van der Waals surface area contributed by atoms with Gasteiger partial charge in [0.25, 0.3) is 0 Å². The molecule has 0 saturated carbocycles. The van der Waals surface area contributed by atoms with Crippen molar-refractivity contribution in [3.63, 3.8) is 0 Å². The minimum absolute atomic E-state index is 0.0777. The topological polar surface area (TPSA) is 32.6 Å². The smallest absolute Gasteiger partial charge is 0.126 e. The van der Waals surface area contributed by atoms with E-state index in [2.05, 4.69) is 26.0 Å². The van der Waals surface area contributed by atoms with Crippen molar-refractivity contribution in [1.82, 2.24) is 0 Å². The Kier molecular flexibility index (Phi) is 3.55. The maximum atomic E-state index is 10.5. The summed E-state index contributed by atoms with van der Waals surface area (Å²) in [5, 5.41) is 13.2. The fourth-order valence-electron chi connectivity index (χ4n) is 3.27. The summed E-state index contributed by atoms with van der Waals surface area (Å²) in [6, 6.07) is 8.24. The Morgan fingerprint density at radius 2 is 1.95 bits per heavy atom. The average molecular weight is 287 g/mol. The second kappa shape index (κ2) is 5.21. The molecular formula is C17H21NOS. The van der Waals surface area contributed by atoms with Gasteiger partial charge in [-0.25, -0.2) is 0 Å². The molecule has 2 aromatic carbocycles. The van der Waals surface area contributed by atoms with E-state index in [9.17, 15) is 5.11 Å². The second-order valence-corrected chi connectivity index (χ2v) is 7.22. The van der Waals surface area contributed by atoms with E-state index in [0.717, 1.165) is 29.7 Å². The van der Waals surface area contributed by atoms with Crippen molar-refractivity contribution in [3.8, 4) is 5.75 Å². The highest BCUT2D eigenvalue weighted by molar-refractivity contribution is 7.87. The van der Waals surface area contributed by atoms with Gasteiger partial charge in [-0.15, -0.1) is 0 Å². The molecule has 0 aromatic heterocycles. The van der Waals surface area contributed by atoms with Crippen LogP contribution in [0.1, 0.15) is 42.2 Å². The minimum Gasteiger partial charge on any atom is -0.507 e. The third-order valence-corrected chi connectivity index (χ3v) is 6.61. The second-order valence-electron chi connectivity index (χ2n) is 5.30. The van der Waals surface area contributed by atoms with Gasteiger partial charge in [-0.05, 0) is 42.3 Å². The highest BCUT2D eigenvalue weighted by Crippen LogP contribution is 2.46. The van der Waals surface area contributed by atoms with Gasteiger partial charge in [-0.3, -0.25) is 4.36 Å². The van der Waals surface area contributed by atoms with Crippen LogP contribution in [0.25, 0.3) is 10.8 Å². The molecule has 0 bridgehead atoms. The van der Waals surface area contributed by atoms with Gasteiger partial charge >= 0.3 is 0 Å². The van der Waals surface area contributed by atoms with Gasteiger partial charge in [0.1, 0.15) is 5.75 Å². The molecule has 3 rings (SSSR count). The molecule has 3 heteroatoms. The van der Waals surface area contributed by atoms with Crippen molar-refractivity contribution < 1.29 is 5.11 Å². The van der Waals surface area contributed by atoms with Crippen LogP contribution in [0.4, 0.5) is 0 Å². The molecule has 2 unspecified atom stereocenters. The molecule has 2 atom stereocenters. The lowest BCUT2D eigenvalue weighted by Gasteiger charge is -2.15. The number of phenols is 1. The van der Waals surface area contributed by atoms with E-state index in [1.54, 1.807) is 0 Å². The van der Waals surface area contributed by atoms with Crippen molar-refractivity contribution in [1.29, 1.82) is 0 Å². The van der Waals surface area contributed by atoms with E-state index in [0.29, 0.717) is 11.0 Å². The largest absolute Gasteiger partial charge is 0.507 e. The number of hydrogen-bond acceptors (Lipinski definition) is 2. The molecule has 1 aliphatic rings. The van der Waals surface area contributed by atoms with Gasteiger partial charge < -0.3 is 5.11 Å². The number of aromatic hydroxyl groups is 1. The quantitative estimate of drug-likeness (QED) is 0.857. The lowest BCUT2D eigenvalue weighted by molar-refractivity contribution is 0.477. The van der Waals surface area contributed by atoms with Crippen molar-refractivity contribution in [2.45, 2.75) is 38.2 Å². The van der Waals surface area contributed by atoms with E-state index in [1.165, 1.54) is 16.5 Å². The standard InChI is InChI=1S/C17H21NOS/c1-4-15-16-12-8-6-7-9-13(12)17(19)11(3)14(16)10-20(15)18-5-2/h6-9,15,19H,4-5,10H2,1-3H3. The number of hydrogen-bond donors (Lipinski definition) is 1. The molecule has 0 amide bonds. The Hall–Kier alpha value is -1.35. The summed E-state index contributed by atoms with van der Waals surface area (Å²) >= 11 is 0. The number of fused-ring (bicyclic) bond motifs is 3. The van der Waals surface area contributed by atoms with Crippen LogP contribution in [0.15, 0.2) is 28.6 Å². The van der Waals surface area contributed by atoms with Crippen LogP contribution in [0.2, 0.25) is 0 Å². The van der Waals surface area contributed by atoms with E-state index >= 15 is 0 Å². The van der Waals surface area contributed by atoms with Crippen LogP contribution in [-0.4, -0.2) is 11.7 Å². The molecule has 106 valence electrons. The van der Waals surface area contributed by atoms with Crippen LogP contribution in [0.3, 0.4) is 0 Å². The monoisotopic (exact) mass is 287 g/mol. The summed E-state index contributed by atoms with van der Waals surface area (Å²) in [4.78, 5) is 0. The summed E-state index contributed by atoms with van der Waals surface area (Å²) in [6.07, 6.45) is 1.12. The van der Waals surface area contributed by atoms with E-state index < -0.39 is 0 Å². The molecule has 0 spiro atoms. The predicted octanol–water partition coefficient (Wildman–Crippen LogP) is 4.64. The molecule has 0 fully saturated rings. The first kappa shape index (κ1) is 13.6. The maximum Gasteiger partial charge on any atom is 0.126 e. The molecular weight excluding hydrogens is 266 g/mol. The number of nitrogens with zero attached hydrogens (tertiary/aromatic N) is 1. The van der Waals surface area contributed by atoms with Crippen molar-refractivity contribution >= 4 is 21.5 Å². The van der Waals surface area contributed by atoms with Crippen molar-refractivity contribution in [3.05, 3.63) is 41.0 Å². The normalized spacial score (nSPS) is 21.6. The lowest BCUT2D eigenvalue weighted by Crippen LogP contribution is -1.99. The first-order chi connectivity index (χ1) is 9.69.